The van der Waals surface area contributed by atoms with Gasteiger partial charge < -0.3 is 5.73 Å². The number of alkyl halides is 3. The van der Waals surface area contributed by atoms with E-state index in [1.54, 1.807) is 6.92 Å². The minimum Gasteiger partial charge on any atom is -0.383 e. The zero-order chi connectivity index (χ0) is 10.9. The van der Waals surface area contributed by atoms with Gasteiger partial charge in [-0.1, -0.05) is 6.58 Å². The normalized spacial score (nSPS) is 11.4. The van der Waals surface area contributed by atoms with E-state index in [0.29, 0.717) is 11.1 Å². The lowest BCUT2D eigenvalue weighted by atomic mass is 10.1. The van der Waals surface area contributed by atoms with Gasteiger partial charge in [-0.2, -0.15) is 13.2 Å². The number of hydrogen-bond acceptors (Lipinski definition) is 2. The maximum Gasteiger partial charge on any atom is 0.433 e. The van der Waals surface area contributed by atoms with Gasteiger partial charge >= 0.3 is 6.18 Å². The summed E-state index contributed by atoms with van der Waals surface area (Å²) in [6.45, 7) is 5.23. The molecule has 0 aliphatic rings. The molecule has 0 aliphatic heterocycles. The molecule has 0 aliphatic carbocycles. The van der Waals surface area contributed by atoms with Crippen molar-refractivity contribution in [3.05, 3.63) is 30.0 Å². The average molecular weight is 202 g/mol. The Morgan fingerprint density at radius 3 is 2.36 bits per heavy atom. The third-order valence-corrected chi connectivity index (χ3v) is 1.67. The van der Waals surface area contributed by atoms with Crippen LogP contribution in [-0.4, -0.2) is 4.98 Å². The van der Waals surface area contributed by atoms with Gasteiger partial charge in [0.2, 0.25) is 0 Å². The summed E-state index contributed by atoms with van der Waals surface area (Å²) in [6.07, 6.45) is -4.46. The molecule has 0 radical (unpaired) electrons. The first-order valence-corrected chi connectivity index (χ1v) is 3.82. The summed E-state index contributed by atoms with van der Waals surface area (Å²) in [7, 11) is 0. The zero-order valence-electron chi connectivity index (χ0n) is 7.52. The molecule has 0 aromatic carbocycles. The molecule has 2 nitrogen and oxygen atoms in total. The van der Waals surface area contributed by atoms with E-state index in [1.807, 2.05) is 0 Å². The molecule has 5 heteroatoms. The van der Waals surface area contributed by atoms with Gasteiger partial charge in [0, 0.05) is 5.56 Å². The lowest BCUT2D eigenvalue weighted by Gasteiger charge is -2.09. The topological polar surface area (TPSA) is 38.9 Å². The van der Waals surface area contributed by atoms with Gasteiger partial charge in [-0.05, 0) is 24.6 Å². The van der Waals surface area contributed by atoms with E-state index in [0.717, 1.165) is 6.07 Å². The molecular weight excluding hydrogens is 193 g/mol. The van der Waals surface area contributed by atoms with Crippen LogP contribution in [0.2, 0.25) is 0 Å². The zero-order valence-corrected chi connectivity index (χ0v) is 7.52. The summed E-state index contributed by atoms with van der Waals surface area (Å²) in [5, 5.41) is 0. The Bertz CT molecular complexity index is 369. The largest absolute Gasteiger partial charge is 0.433 e. The number of pyridine rings is 1. The predicted molar refractivity (Wildman–Crippen MR) is 48.4 cm³/mol. The molecule has 1 aromatic heterocycles. The second kappa shape index (κ2) is 3.32. The Morgan fingerprint density at radius 1 is 1.43 bits per heavy atom. The maximum atomic E-state index is 12.2. The first-order valence-electron chi connectivity index (χ1n) is 3.82. The van der Waals surface area contributed by atoms with Gasteiger partial charge in [0.05, 0.1) is 0 Å². The fraction of sp³-hybridized carbons (Fsp3) is 0.222. The van der Waals surface area contributed by atoms with Crippen molar-refractivity contribution >= 4 is 11.4 Å². The molecule has 0 unspecified atom stereocenters. The van der Waals surface area contributed by atoms with Crippen molar-refractivity contribution in [2.75, 3.05) is 5.73 Å². The van der Waals surface area contributed by atoms with Crippen LogP contribution in [0.25, 0.3) is 5.57 Å². The SMILES string of the molecule is C=C(C)c1ccc(C(F)(F)F)nc1N. The molecule has 1 heterocycles. The average Bonchev–Trinajstić information content (AvgIpc) is 2.01. The molecule has 0 saturated heterocycles. The van der Waals surface area contributed by atoms with Crippen LogP contribution in [0.15, 0.2) is 18.7 Å². The number of nitrogen functional groups attached to an aromatic ring is 1. The standard InChI is InChI=1S/C9H9F3N2/c1-5(2)6-3-4-7(9(10,11)12)14-8(6)13/h3-4H,1H2,2H3,(H2,13,14). The molecule has 14 heavy (non-hydrogen) atoms. The molecule has 0 spiro atoms. The second-order valence-corrected chi connectivity index (χ2v) is 2.91. The number of anilines is 1. The summed E-state index contributed by atoms with van der Waals surface area (Å²) in [4.78, 5) is 3.26. The van der Waals surface area contributed by atoms with Crippen molar-refractivity contribution in [2.24, 2.45) is 0 Å². The van der Waals surface area contributed by atoms with E-state index in [2.05, 4.69) is 11.6 Å². The highest BCUT2D eigenvalue weighted by molar-refractivity contribution is 5.69. The number of rotatable bonds is 1. The smallest absolute Gasteiger partial charge is 0.383 e. The van der Waals surface area contributed by atoms with Crippen LogP contribution in [0.1, 0.15) is 18.2 Å². The lowest BCUT2D eigenvalue weighted by Crippen LogP contribution is -2.10. The fourth-order valence-corrected chi connectivity index (χ4v) is 0.994. The van der Waals surface area contributed by atoms with Crippen molar-refractivity contribution in [1.82, 2.24) is 4.98 Å². The van der Waals surface area contributed by atoms with E-state index in [9.17, 15) is 13.2 Å². The van der Waals surface area contributed by atoms with E-state index in [1.165, 1.54) is 6.07 Å². The van der Waals surface area contributed by atoms with Gasteiger partial charge in [-0.25, -0.2) is 4.98 Å². The fourth-order valence-electron chi connectivity index (χ4n) is 0.994. The van der Waals surface area contributed by atoms with Gasteiger partial charge in [-0.15, -0.1) is 0 Å². The Morgan fingerprint density at radius 2 is 2.00 bits per heavy atom. The third-order valence-electron chi connectivity index (χ3n) is 1.67. The molecule has 0 bridgehead atoms. The summed E-state index contributed by atoms with van der Waals surface area (Å²) >= 11 is 0. The molecule has 0 atom stereocenters. The molecule has 2 N–H and O–H groups in total. The first-order chi connectivity index (χ1) is 6.32. The van der Waals surface area contributed by atoms with E-state index in [-0.39, 0.29) is 5.82 Å². The number of nitrogens with two attached hydrogens (primary N) is 1. The lowest BCUT2D eigenvalue weighted by molar-refractivity contribution is -0.141. The van der Waals surface area contributed by atoms with Gasteiger partial charge in [0.15, 0.2) is 0 Å². The van der Waals surface area contributed by atoms with Crippen LogP contribution < -0.4 is 5.73 Å². The molecule has 1 rings (SSSR count). The van der Waals surface area contributed by atoms with Crippen molar-refractivity contribution in [3.63, 3.8) is 0 Å². The summed E-state index contributed by atoms with van der Waals surface area (Å²) in [5.41, 5.74) is 5.39. The number of nitrogens with zero attached hydrogens (tertiary/aromatic N) is 1. The van der Waals surface area contributed by atoms with Crippen LogP contribution in [0.3, 0.4) is 0 Å². The van der Waals surface area contributed by atoms with Crippen molar-refractivity contribution < 1.29 is 13.2 Å². The monoisotopic (exact) mass is 202 g/mol. The molecular formula is C9H9F3N2. The Kier molecular flexibility index (Phi) is 2.51. The van der Waals surface area contributed by atoms with Crippen LogP contribution in [0.4, 0.5) is 19.0 Å². The van der Waals surface area contributed by atoms with Gasteiger partial charge in [0.1, 0.15) is 11.5 Å². The Balaban J connectivity index is 3.20. The number of halogens is 3. The number of aromatic nitrogens is 1. The van der Waals surface area contributed by atoms with Crippen LogP contribution in [0, 0.1) is 0 Å². The van der Waals surface area contributed by atoms with Crippen LogP contribution in [-0.2, 0) is 6.18 Å². The van der Waals surface area contributed by atoms with Crippen LogP contribution in [0.5, 0.6) is 0 Å². The Hall–Kier alpha value is -1.52. The van der Waals surface area contributed by atoms with E-state index in [4.69, 9.17) is 5.73 Å². The van der Waals surface area contributed by atoms with Crippen molar-refractivity contribution in [2.45, 2.75) is 13.1 Å². The van der Waals surface area contributed by atoms with E-state index < -0.39 is 11.9 Å². The van der Waals surface area contributed by atoms with Crippen molar-refractivity contribution in [3.8, 4) is 0 Å². The minimum absolute atomic E-state index is 0.146. The molecule has 1 aromatic rings. The Labute approximate surface area is 79.3 Å². The third kappa shape index (κ3) is 2.04. The molecule has 0 saturated carbocycles. The number of allylic oxidation sites excluding steroid dienone is 1. The van der Waals surface area contributed by atoms with Crippen molar-refractivity contribution in [1.29, 1.82) is 0 Å². The second-order valence-electron chi connectivity index (χ2n) is 2.91. The first kappa shape index (κ1) is 10.6. The van der Waals surface area contributed by atoms with Gasteiger partial charge in [-0.3, -0.25) is 0 Å². The highest BCUT2D eigenvalue weighted by Gasteiger charge is 2.32. The van der Waals surface area contributed by atoms with Gasteiger partial charge in [0.25, 0.3) is 0 Å². The number of hydrogen-bond donors (Lipinski definition) is 1. The summed E-state index contributed by atoms with van der Waals surface area (Å²) < 4.78 is 36.5. The maximum absolute atomic E-state index is 12.2. The quantitative estimate of drug-likeness (QED) is 0.760. The van der Waals surface area contributed by atoms with Crippen LogP contribution >= 0.6 is 0 Å². The molecule has 0 amide bonds. The molecule has 76 valence electrons. The highest BCUT2D eigenvalue weighted by Crippen LogP contribution is 2.29. The van der Waals surface area contributed by atoms with E-state index >= 15 is 0 Å². The summed E-state index contributed by atoms with van der Waals surface area (Å²) in [6, 6.07) is 2.16. The minimum atomic E-state index is -4.46. The highest BCUT2D eigenvalue weighted by atomic mass is 19.4. The predicted octanol–water partition coefficient (Wildman–Crippen LogP) is 2.72. The summed E-state index contributed by atoms with van der Waals surface area (Å²) in [5.74, 6) is -0.146. The molecule has 0 fully saturated rings.